The lowest BCUT2D eigenvalue weighted by atomic mass is 10.0. The average molecular weight is 426 g/mol. The van der Waals surface area contributed by atoms with Gasteiger partial charge in [-0.25, -0.2) is 10.6 Å². The number of ether oxygens (including phenoxy) is 2. The minimum atomic E-state index is -0.527. The van der Waals surface area contributed by atoms with Gasteiger partial charge in [-0.3, -0.25) is 5.43 Å². The number of methoxy groups -OCH3 is 1. The third-order valence-electron chi connectivity index (χ3n) is 5.41. The number of carbonyl (C=O) groups is 1. The maximum absolute atomic E-state index is 11.7. The lowest BCUT2D eigenvalue weighted by Gasteiger charge is -2.16. The highest BCUT2D eigenvalue weighted by molar-refractivity contribution is 6.02. The van der Waals surface area contributed by atoms with E-state index >= 15 is 0 Å². The molecule has 0 aromatic heterocycles. The number of aryl methyl sites for hydroxylation is 1. The van der Waals surface area contributed by atoms with E-state index in [0.29, 0.717) is 34.5 Å². The molecule has 0 saturated heterocycles. The van der Waals surface area contributed by atoms with Gasteiger partial charge in [-0.1, -0.05) is 13.0 Å². The molecule has 0 spiro atoms. The fraction of sp³-hybridized carbons (Fsp3) is 0.391. The molecule has 1 fully saturated rings. The van der Waals surface area contributed by atoms with Crippen molar-refractivity contribution in [3.05, 3.63) is 53.1 Å². The lowest BCUT2D eigenvalue weighted by Crippen LogP contribution is -2.34. The molecule has 0 heterocycles. The first-order valence-electron chi connectivity index (χ1n) is 10.5. The van der Waals surface area contributed by atoms with E-state index in [1.807, 2.05) is 30.5 Å². The maximum Gasteiger partial charge on any atom is 0.333 e. The Balaban J connectivity index is 1.69. The number of hydrogen-bond donors (Lipinski definition) is 5. The number of rotatable bonds is 10. The van der Waals surface area contributed by atoms with E-state index in [2.05, 4.69) is 17.6 Å². The van der Waals surface area contributed by atoms with Crippen molar-refractivity contribution in [2.75, 3.05) is 19.0 Å². The number of carbonyl (C=O) groups excluding carboxylic acids is 1. The topological polar surface area (TPSA) is 121 Å². The van der Waals surface area contributed by atoms with Gasteiger partial charge in [0, 0.05) is 17.7 Å². The highest BCUT2D eigenvalue weighted by Gasteiger charge is 2.40. The third kappa shape index (κ3) is 5.53. The number of benzene rings is 2. The molecule has 2 aromatic carbocycles. The van der Waals surface area contributed by atoms with Gasteiger partial charge >= 0.3 is 6.03 Å². The zero-order valence-corrected chi connectivity index (χ0v) is 18.2. The van der Waals surface area contributed by atoms with E-state index in [1.54, 1.807) is 25.3 Å². The van der Waals surface area contributed by atoms with Crippen LogP contribution in [0, 0.1) is 18.3 Å². The van der Waals surface area contributed by atoms with Gasteiger partial charge in [-0.05, 0) is 67.8 Å². The minimum absolute atomic E-state index is 0.202. The van der Waals surface area contributed by atoms with Crippen LogP contribution in [0.5, 0.6) is 11.5 Å². The fourth-order valence-electron chi connectivity index (χ4n) is 3.59. The molecule has 166 valence electrons. The van der Waals surface area contributed by atoms with Gasteiger partial charge in [0.15, 0.2) is 0 Å². The first kappa shape index (κ1) is 22.6. The molecule has 2 unspecified atom stereocenters. The van der Waals surface area contributed by atoms with E-state index in [1.165, 1.54) is 0 Å². The maximum atomic E-state index is 11.7. The largest absolute Gasteiger partial charge is 0.496 e. The van der Waals surface area contributed by atoms with Gasteiger partial charge in [-0.15, -0.1) is 0 Å². The molecule has 1 saturated carbocycles. The summed E-state index contributed by atoms with van der Waals surface area (Å²) in [5, 5.41) is 14.7. The van der Waals surface area contributed by atoms with Gasteiger partial charge in [0.2, 0.25) is 0 Å². The Morgan fingerprint density at radius 2 is 2.06 bits per heavy atom. The van der Waals surface area contributed by atoms with Crippen LogP contribution in [0.25, 0.3) is 0 Å². The van der Waals surface area contributed by atoms with Crippen molar-refractivity contribution in [2.24, 2.45) is 11.8 Å². The van der Waals surface area contributed by atoms with Crippen molar-refractivity contribution in [3.8, 4) is 11.5 Å². The van der Waals surface area contributed by atoms with Crippen LogP contribution < -0.4 is 31.4 Å². The number of hydrogen-bond acceptors (Lipinski definition) is 6. The van der Waals surface area contributed by atoms with Crippen molar-refractivity contribution in [2.45, 2.75) is 39.3 Å². The van der Waals surface area contributed by atoms with E-state index in [-0.39, 0.29) is 12.5 Å². The first-order valence-corrected chi connectivity index (χ1v) is 10.5. The standard InChI is InChI=1S/C23H31N5O3/c1-4-10-26-19-12-16(19)22(24)15-8-9-20(14(2)11-15)31-13-17-18(27-23(29)28-25)6-5-7-21(17)30-3/h5-9,11,16,19,24,26H,4,10,12-13,25H2,1-3H3,(H2,27,28,29). The molecule has 2 aromatic rings. The second-order valence-corrected chi connectivity index (χ2v) is 7.67. The van der Waals surface area contributed by atoms with Crippen LogP contribution in [-0.2, 0) is 6.61 Å². The first-order chi connectivity index (χ1) is 15.0. The number of nitrogens with two attached hydrogens (primary N) is 1. The summed E-state index contributed by atoms with van der Waals surface area (Å²) in [4.78, 5) is 11.7. The Morgan fingerprint density at radius 1 is 1.26 bits per heavy atom. The van der Waals surface area contributed by atoms with Crippen molar-refractivity contribution in [1.82, 2.24) is 10.7 Å². The van der Waals surface area contributed by atoms with Gasteiger partial charge in [0.1, 0.15) is 18.1 Å². The second-order valence-electron chi connectivity index (χ2n) is 7.67. The predicted octanol–water partition coefficient (Wildman–Crippen LogP) is 3.33. The quantitative estimate of drug-likeness (QED) is 0.173. The van der Waals surface area contributed by atoms with Crippen molar-refractivity contribution in [3.63, 3.8) is 0 Å². The Labute approximate surface area is 183 Å². The Hall–Kier alpha value is -3.10. The molecule has 1 aliphatic rings. The summed E-state index contributed by atoms with van der Waals surface area (Å²) < 4.78 is 11.5. The Kier molecular flexibility index (Phi) is 7.49. The predicted molar refractivity (Wildman–Crippen MR) is 122 cm³/mol. The molecule has 3 rings (SSSR count). The van der Waals surface area contributed by atoms with Crippen LogP contribution in [0.2, 0.25) is 0 Å². The van der Waals surface area contributed by atoms with Crippen LogP contribution in [0.15, 0.2) is 36.4 Å². The number of nitrogens with one attached hydrogen (secondary N) is 4. The zero-order chi connectivity index (χ0) is 22.4. The van der Waals surface area contributed by atoms with Crippen molar-refractivity contribution < 1.29 is 14.3 Å². The fourth-order valence-corrected chi connectivity index (χ4v) is 3.59. The van der Waals surface area contributed by atoms with Gasteiger partial charge in [-0.2, -0.15) is 0 Å². The highest BCUT2D eigenvalue weighted by Crippen LogP contribution is 2.35. The van der Waals surface area contributed by atoms with Crippen LogP contribution in [0.3, 0.4) is 0 Å². The van der Waals surface area contributed by atoms with Crippen molar-refractivity contribution >= 4 is 17.4 Å². The average Bonchev–Trinajstić information content (AvgIpc) is 3.56. The summed E-state index contributed by atoms with van der Waals surface area (Å²) in [6.45, 7) is 5.31. The van der Waals surface area contributed by atoms with Crippen molar-refractivity contribution in [1.29, 1.82) is 5.41 Å². The van der Waals surface area contributed by atoms with E-state index in [9.17, 15) is 4.79 Å². The molecule has 0 aliphatic heterocycles. The Bertz CT molecular complexity index is 947. The molecule has 8 heteroatoms. The van der Waals surface area contributed by atoms with Crippen LogP contribution in [0.4, 0.5) is 10.5 Å². The Morgan fingerprint density at radius 3 is 2.74 bits per heavy atom. The number of amides is 2. The molecule has 2 atom stereocenters. The summed E-state index contributed by atoms with van der Waals surface area (Å²) in [6.07, 6.45) is 2.12. The van der Waals surface area contributed by atoms with Gasteiger partial charge in [0.05, 0.1) is 18.4 Å². The second kappa shape index (κ2) is 10.3. The molecular formula is C23H31N5O3. The molecule has 1 aliphatic carbocycles. The third-order valence-corrected chi connectivity index (χ3v) is 5.41. The van der Waals surface area contributed by atoms with E-state index in [4.69, 9.17) is 20.7 Å². The SMILES string of the molecule is CCCNC1CC1C(=N)c1ccc(OCc2c(NC(=O)NN)cccc2OC)c(C)c1. The molecule has 8 nitrogen and oxygen atoms in total. The summed E-state index contributed by atoms with van der Waals surface area (Å²) in [6, 6.07) is 11.1. The highest BCUT2D eigenvalue weighted by atomic mass is 16.5. The number of anilines is 1. The molecule has 2 amide bonds. The van der Waals surface area contributed by atoms with E-state index < -0.39 is 6.03 Å². The van der Waals surface area contributed by atoms with E-state index in [0.717, 1.165) is 30.5 Å². The monoisotopic (exact) mass is 425 g/mol. The summed E-state index contributed by atoms with van der Waals surface area (Å²) >= 11 is 0. The minimum Gasteiger partial charge on any atom is -0.496 e. The smallest absolute Gasteiger partial charge is 0.333 e. The van der Waals surface area contributed by atoms with Crippen LogP contribution >= 0.6 is 0 Å². The molecule has 0 bridgehead atoms. The zero-order valence-electron chi connectivity index (χ0n) is 18.2. The lowest BCUT2D eigenvalue weighted by molar-refractivity contribution is 0.252. The molecule has 6 N–H and O–H groups in total. The van der Waals surface area contributed by atoms with Gasteiger partial charge < -0.3 is 25.5 Å². The summed E-state index contributed by atoms with van der Waals surface area (Å²) in [7, 11) is 1.57. The summed E-state index contributed by atoms with van der Waals surface area (Å²) in [5.74, 6) is 6.78. The number of urea groups is 1. The number of hydrazine groups is 1. The molecule has 31 heavy (non-hydrogen) atoms. The van der Waals surface area contributed by atoms with Crippen LogP contribution in [0.1, 0.15) is 36.5 Å². The normalized spacial score (nSPS) is 17.0. The molecular weight excluding hydrogens is 394 g/mol. The molecule has 0 radical (unpaired) electrons. The summed E-state index contributed by atoms with van der Waals surface area (Å²) in [5.41, 5.74) is 5.85. The van der Waals surface area contributed by atoms with Gasteiger partial charge in [0.25, 0.3) is 0 Å². The van der Waals surface area contributed by atoms with Crippen LogP contribution in [-0.4, -0.2) is 31.4 Å².